The number of aromatic nitrogens is 1. The molecule has 5 aromatic rings. The van der Waals surface area contributed by atoms with Gasteiger partial charge in [0.1, 0.15) is 0 Å². The first-order chi connectivity index (χ1) is 15.3. The molecule has 0 saturated carbocycles. The van der Waals surface area contributed by atoms with Crippen LogP contribution in [0.2, 0.25) is 0 Å². The number of nitrogens with one attached hydrogen (secondary N) is 1. The van der Waals surface area contributed by atoms with Gasteiger partial charge in [0.2, 0.25) is 0 Å². The maximum atomic E-state index is 12.4. The average Bonchev–Trinajstić information content (AvgIpc) is 3.51. The number of nitrogens with zero attached hydrogens (tertiary/aromatic N) is 1. The standard InChI is InChI=1S/C26H18N2O2S/c29-25(22-12-7-17-30-22)28-26-27-23(20-10-5-2-6-11-20)24(31-26)21-15-13-19(14-16-21)18-8-3-1-4-9-18/h1-17H,(H,27,28,29). The summed E-state index contributed by atoms with van der Waals surface area (Å²) in [5.74, 6) is -0.0606. The van der Waals surface area contributed by atoms with E-state index in [1.165, 1.54) is 23.2 Å². The summed E-state index contributed by atoms with van der Waals surface area (Å²) in [6.07, 6.45) is 1.48. The van der Waals surface area contributed by atoms with E-state index in [0.29, 0.717) is 5.13 Å². The van der Waals surface area contributed by atoms with Gasteiger partial charge >= 0.3 is 0 Å². The molecular weight excluding hydrogens is 404 g/mol. The van der Waals surface area contributed by atoms with Crippen LogP contribution in [0.1, 0.15) is 10.6 Å². The highest BCUT2D eigenvalue weighted by molar-refractivity contribution is 7.19. The average molecular weight is 423 g/mol. The fourth-order valence-corrected chi connectivity index (χ4v) is 4.36. The predicted molar refractivity (Wildman–Crippen MR) is 125 cm³/mol. The van der Waals surface area contributed by atoms with E-state index >= 15 is 0 Å². The first kappa shape index (κ1) is 19.0. The van der Waals surface area contributed by atoms with Gasteiger partial charge in [0.05, 0.1) is 16.8 Å². The molecular formula is C26H18N2O2S. The van der Waals surface area contributed by atoms with Crippen LogP contribution in [0.4, 0.5) is 5.13 Å². The Kier molecular flexibility index (Phi) is 5.17. The number of hydrogen-bond donors (Lipinski definition) is 1. The molecule has 2 heterocycles. The van der Waals surface area contributed by atoms with E-state index < -0.39 is 0 Å². The molecule has 150 valence electrons. The third-order valence-electron chi connectivity index (χ3n) is 4.89. The van der Waals surface area contributed by atoms with Gasteiger partial charge in [0.15, 0.2) is 10.9 Å². The molecule has 0 aliphatic carbocycles. The number of amides is 1. The van der Waals surface area contributed by atoms with Crippen LogP contribution in [-0.2, 0) is 0 Å². The molecule has 0 spiro atoms. The number of carbonyl (C=O) groups is 1. The Morgan fingerprint density at radius 1 is 0.710 bits per heavy atom. The van der Waals surface area contributed by atoms with Crippen LogP contribution in [0.5, 0.6) is 0 Å². The van der Waals surface area contributed by atoms with Crippen LogP contribution in [-0.4, -0.2) is 10.9 Å². The summed E-state index contributed by atoms with van der Waals surface area (Å²) >= 11 is 1.45. The number of hydrogen-bond acceptors (Lipinski definition) is 4. The topological polar surface area (TPSA) is 55.1 Å². The van der Waals surface area contributed by atoms with E-state index in [4.69, 9.17) is 9.40 Å². The lowest BCUT2D eigenvalue weighted by atomic mass is 10.0. The molecule has 5 rings (SSSR count). The number of furan rings is 1. The Balaban J connectivity index is 1.52. The molecule has 1 N–H and O–H groups in total. The van der Waals surface area contributed by atoms with E-state index in [2.05, 4.69) is 41.7 Å². The smallest absolute Gasteiger partial charge is 0.293 e. The van der Waals surface area contributed by atoms with Gasteiger partial charge in [-0.2, -0.15) is 0 Å². The maximum absolute atomic E-state index is 12.4. The molecule has 0 aliphatic rings. The Morgan fingerprint density at radius 3 is 1.97 bits per heavy atom. The van der Waals surface area contributed by atoms with Gasteiger partial charge in [0, 0.05) is 5.56 Å². The normalized spacial score (nSPS) is 10.7. The molecule has 2 aromatic heterocycles. The van der Waals surface area contributed by atoms with Gasteiger partial charge in [0.25, 0.3) is 5.91 Å². The molecule has 4 nitrogen and oxygen atoms in total. The molecule has 31 heavy (non-hydrogen) atoms. The highest BCUT2D eigenvalue weighted by Crippen LogP contribution is 2.39. The van der Waals surface area contributed by atoms with Gasteiger partial charge in [-0.3, -0.25) is 10.1 Å². The van der Waals surface area contributed by atoms with Crippen molar-refractivity contribution < 1.29 is 9.21 Å². The van der Waals surface area contributed by atoms with Crippen LogP contribution >= 0.6 is 11.3 Å². The van der Waals surface area contributed by atoms with Crippen LogP contribution in [0.15, 0.2) is 108 Å². The summed E-state index contributed by atoms with van der Waals surface area (Å²) in [4.78, 5) is 18.2. The minimum absolute atomic E-state index is 0.255. The second-order valence-corrected chi connectivity index (χ2v) is 7.94. The van der Waals surface area contributed by atoms with Crippen molar-refractivity contribution in [1.29, 1.82) is 0 Å². The largest absolute Gasteiger partial charge is 0.459 e. The molecule has 1 amide bonds. The van der Waals surface area contributed by atoms with Crippen molar-refractivity contribution in [1.82, 2.24) is 4.98 Å². The fraction of sp³-hybridized carbons (Fsp3) is 0. The maximum Gasteiger partial charge on any atom is 0.293 e. The van der Waals surface area contributed by atoms with Crippen molar-refractivity contribution in [3.8, 4) is 32.8 Å². The Hall–Kier alpha value is -3.96. The number of rotatable bonds is 5. The summed E-state index contributed by atoms with van der Waals surface area (Å²) in [7, 11) is 0. The van der Waals surface area contributed by atoms with Crippen LogP contribution in [0.3, 0.4) is 0 Å². The zero-order valence-electron chi connectivity index (χ0n) is 16.5. The van der Waals surface area contributed by atoms with Crippen molar-refractivity contribution in [2.24, 2.45) is 0 Å². The zero-order valence-corrected chi connectivity index (χ0v) is 17.3. The highest BCUT2D eigenvalue weighted by atomic mass is 32.1. The second-order valence-electron chi connectivity index (χ2n) is 6.94. The number of thiazole rings is 1. The monoisotopic (exact) mass is 422 g/mol. The van der Waals surface area contributed by atoms with Gasteiger partial charge in [-0.05, 0) is 28.8 Å². The van der Waals surface area contributed by atoms with Crippen LogP contribution in [0.25, 0.3) is 32.8 Å². The Bertz CT molecular complexity index is 1290. The van der Waals surface area contributed by atoms with Gasteiger partial charge < -0.3 is 4.42 Å². The second kappa shape index (κ2) is 8.42. The third kappa shape index (κ3) is 4.04. The van der Waals surface area contributed by atoms with Crippen LogP contribution in [0, 0.1) is 0 Å². The van der Waals surface area contributed by atoms with E-state index in [9.17, 15) is 4.79 Å². The minimum atomic E-state index is -0.315. The Morgan fingerprint density at radius 2 is 1.32 bits per heavy atom. The molecule has 0 bridgehead atoms. The van der Waals surface area contributed by atoms with E-state index in [1.54, 1.807) is 12.1 Å². The van der Waals surface area contributed by atoms with E-state index in [0.717, 1.165) is 27.3 Å². The zero-order chi connectivity index (χ0) is 21.0. The van der Waals surface area contributed by atoms with Crippen molar-refractivity contribution >= 4 is 22.4 Å². The molecule has 0 unspecified atom stereocenters. The molecule has 0 fully saturated rings. The lowest BCUT2D eigenvalue weighted by Gasteiger charge is -2.05. The molecule has 0 saturated heterocycles. The van der Waals surface area contributed by atoms with Crippen molar-refractivity contribution in [2.45, 2.75) is 0 Å². The molecule has 0 radical (unpaired) electrons. The number of carbonyl (C=O) groups excluding carboxylic acids is 1. The summed E-state index contributed by atoms with van der Waals surface area (Å²) in [6, 6.07) is 32.0. The quantitative estimate of drug-likeness (QED) is 0.332. The minimum Gasteiger partial charge on any atom is -0.459 e. The van der Waals surface area contributed by atoms with Crippen LogP contribution < -0.4 is 5.32 Å². The lowest BCUT2D eigenvalue weighted by Crippen LogP contribution is -2.10. The molecule has 5 heteroatoms. The predicted octanol–water partition coefficient (Wildman–Crippen LogP) is 6.99. The summed E-state index contributed by atoms with van der Waals surface area (Å²) in [6.45, 7) is 0. The first-order valence-electron chi connectivity index (χ1n) is 9.85. The lowest BCUT2D eigenvalue weighted by molar-refractivity contribution is 0.0996. The van der Waals surface area contributed by atoms with E-state index in [-0.39, 0.29) is 11.7 Å². The highest BCUT2D eigenvalue weighted by Gasteiger charge is 2.18. The first-order valence-corrected chi connectivity index (χ1v) is 10.7. The molecule has 3 aromatic carbocycles. The molecule has 0 aliphatic heterocycles. The third-order valence-corrected chi connectivity index (χ3v) is 5.91. The van der Waals surface area contributed by atoms with Gasteiger partial charge in [-0.25, -0.2) is 4.98 Å². The molecule has 0 atom stereocenters. The summed E-state index contributed by atoms with van der Waals surface area (Å²) < 4.78 is 5.19. The van der Waals surface area contributed by atoms with Crippen molar-refractivity contribution in [2.75, 3.05) is 5.32 Å². The fourth-order valence-electron chi connectivity index (χ4n) is 3.37. The summed E-state index contributed by atoms with van der Waals surface area (Å²) in [5, 5.41) is 3.39. The SMILES string of the molecule is O=C(Nc1nc(-c2ccccc2)c(-c2ccc(-c3ccccc3)cc2)s1)c1ccco1. The van der Waals surface area contributed by atoms with Gasteiger partial charge in [-0.15, -0.1) is 0 Å². The van der Waals surface area contributed by atoms with Gasteiger partial charge in [-0.1, -0.05) is 96.3 Å². The van der Waals surface area contributed by atoms with Crippen molar-refractivity contribution in [3.63, 3.8) is 0 Å². The number of anilines is 1. The summed E-state index contributed by atoms with van der Waals surface area (Å²) in [5.41, 5.74) is 5.22. The van der Waals surface area contributed by atoms with Crippen molar-refractivity contribution in [3.05, 3.63) is 109 Å². The Labute approximate surface area is 183 Å². The van der Waals surface area contributed by atoms with E-state index in [1.807, 2.05) is 48.5 Å². The number of benzene rings is 3.